The largest absolute Gasteiger partial charge is 0.497 e. The van der Waals surface area contributed by atoms with Gasteiger partial charge in [0.2, 0.25) is 5.91 Å². The van der Waals surface area contributed by atoms with E-state index in [9.17, 15) is 14.7 Å². The van der Waals surface area contributed by atoms with Gasteiger partial charge in [0.05, 0.1) is 36.0 Å². The predicted octanol–water partition coefficient (Wildman–Crippen LogP) is 4.89. The van der Waals surface area contributed by atoms with Crippen molar-refractivity contribution in [2.75, 3.05) is 7.11 Å². The molecule has 0 saturated heterocycles. The topological polar surface area (TPSA) is 93.5 Å². The number of rotatable bonds is 6. The number of benzene rings is 2. The molecule has 3 unspecified atom stereocenters. The summed E-state index contributed by atoms with van der Waals surface area (Å²) in [6, 6.07) is 15.9. The van der Waals surface area contributed by atoms with E-state index in [0.717, 1.165) is 66.1 Å². The summed E-state index contributed by atoms with van der Waals surface area (Å²) in [5.74, 6) is -0.525. The number of carboxylic acid groups (broad SMARTS) is 1. The van der Waals surface area contributed by atoms with E-state index in [4.69, 9.17) is 9.84 Å². The summed E-state index contributed by atoms with van der Waals surface area (Å²) in [6.07, 6.45) is 5.31. The first-order chi connectivity index (χ1) is 17.9. The Kier molecular flexibility index (Phi) is 6.01. The van der Waals surface area contributed by atoms with E-state index < -0.39 is 11.9 Å². The van der Waals surface area contributed by atoms with E-state index in [0.29, 0.717) is 6.42 Å². The van der Waals surface area contributed by atoms with Crippen LogP contribution in [0.5, 0.6) is 5.75 Å². The van der Waals surface area contributed by atoms with E-state index in [-0.39, 0.29) is 29.7 Å². The lowest BCUT2D eigenvalue weighted by Gasteiger charge is -2.31. The predicted molar refractivity (Wildman–Crippen MR) is 140 cm³/mol. The number of ether oxygens (including phenoxy) is 1. The van der Waals surface area contributed by atoms with Crippen LogP contribution >= 0.6 is 0 Å². The highest BCUT2D eigenvalue weighted by Crippen LogP contribution is 2.49. The fraction of sp³-hybridized carbons (Fsp3) is 0.433. The monoisotopic (exact) mass is 499 g/mol. The maximum Gasteiger partial charge on any atom is 0.308 e. The van der Waals surface area contributed by atoms with Crippen molar-refractivity contribution in [1.29, 1.82) is 0 Å². The van der Waals surface area contributed by atoms with Gasteiger partial charge >= 0.3 is 5.97 Å². The fourth-order valence-corrected chi connectivity index (χ4v) is 6.91. The summed E-state index contributed by atoms with van der Waals surface area (Å²) >= 11 is 0. The van der Waals surface area contributed by atoms with Crippen LogP contribution < -0.4 is 10.1 Å². The molecule has 1 aromatic heterocycles. The zero-order chi connectivity index (χ0) is 25.7. The van der Waals surface area contributed by atoms with Crippen molar-refractivity contribution in [3.8, 4) is 22.7 Å². The number of fused-ring (bicyclic) bond motifs is 3. The van der Waals surface area contributed by atoms with Gasteiger partial charge in [0.1, 0.15) is 5.75 Å². The first kappa shape index (κ1) is 23.8. The van der Waals surface area contributed by atoms with Gasteiger partial charge in [-0.15, -0.1) is 0 Å². The maximum absolute atomic E-state index is 13.7. The third-order valence-corrected chi connectivity index (χ3v) is 8.73. The van der Waals surface area contributed by atoms with Crippen molar-refractivity contribution in [2.45, 2.75) is 57.4 Å². The normalized spacial score (nSPS) is 26.1. The van der Waals surface area contributed by atoms with Gasteiger partial charge in [0.15, 0.2) is 0 Å². The number of amides is 1. The maximum atomic E-state index is 13.7. The Balaban J connectivity index is 1.38. The van der Waals surface area contributed by atoms with Crippen molar-refractivity contribution in [3.63, 3.8) is 0 Å². The summed E-state index contributed by atoms with van der Waals surface area (Å²) in [7, 11) is 1.65. The number of aliphatic carboxylic acids is 1. The third-order valence-electron chi connectivity index (χ3n) is 8.73. The van der Waals surface area contributed by atoms with Crippen molar-refractivity contribution in [1.82, 2.24) is 15.1 Å². The molecule has 1 heterocycles. The van der Waals surface area contributed by atoms with Gasteiger partial charge in [-0.05, 0) is 81.5 Å². The number of methoxy groups -OCH3 is 1. The molecule has 2 N–H and O–H groups in total. The summed E-state index contributed by atoms with van der Waals surface area (Å²) < 4.78 is 7.30. The molecule has 2 fully saturated rings. The zero-order valence-corrected chi connectivity index (χ0v) is 21.3. The lowest BCUT2D eigenvalue weighted by molar-refractivity contribution is -0.144. The molecule has 2 aromatic carbocycles. The molecule has 6 rings (SSSR count). The molecule has 7 heteroatoms. The molecule has 7 nitrogen and oxygen atoms in total. The number of hydrogen-bond acceptors (Lipinski definition) is 4. The second-order valence-corrected chi connectivity index (χ2v) is 10.9. The minimum atomic E-state index is -0.785. The standard InChI is InChI=1S/C30H33N3O4/c1-17-6-8-18(9-7-17)28-23-4-3-5-24(27(23)32-33(28)21-12-14-22(37-2)15-13-21)29(34)31-26-20-11-10-19(16-20)25(26)30(35)36/h6-9,12-15,19-20,24-26H,3-5,10-11,16H2,1-2H3,(H,31,34)(H,35,36)/t19?,20?,24?,25-,26-/m0/s1. The fourth-order valence-electron chi connectivity index (χ4n) is 6.91. The Morgan fingerprint density at radius 2 is 1.76 bits per heavy atom. The Labute approximate surface area is 216 Å². The smallest absolute Gasteiger partial charge is 0.308 e. The van der Waals surface area contributed by atoms with Crippen LogP contribution in [0.2, 0.25) is 0 Å². The van der Waals surface area contributed by atoms with Gasteiger partial charge in [0, 0.05) is 17.2 Å². The second kappa shape index (κ2) is 9.36. The van der Waals surface area contributed by atoms with E-state index in [1.165, 1.54) is 5.56 Å². The Hall–Kier alpha value is -3.61. The third kappa shape index (κ3) is 4.10. The number of aromatic nitrogens is 2. The molecule has 192 valence electrons. The van der Waals surface area contributed by atoms with Crippen LogP contribution in [0.3, 0.4) is 0 Å². The zero-order valence-electron chi connectivity index (χ0n) is 21.3. The van der Waals surface area contributed by atoms with Crippen LogP contribution in [0.1, 0.15) is 54.8 Å². The lowest BCUT2D eigenvalue weighted by Crippen LogP contribution is -2.48. The van der Waals surface area contributed by atoms with Crippen LogP contribution in [-0.2, 0) is 16.0 Å². The minimum absolute atomic E-state index is 0.0837. The lowest BCUT2D eigenvalue weighted by atomic mass is 9.82. The minimum Gasteiger partial charge on any atom is -0.497 e. The number of carbonyl (C=O) groups excluding carboxylic acids is 1. The molecule has 5 atom stereocenters. The van der Waals surface area contributed by atoms with Crippen molar-refractivity contribution in [3.05, 3.63) is 65.4 Å². The van der Waals surface area contributed by atoms with Gasteiger partial charge in [-0.2, -0.15) is 5.10 Å². The van der Waals surface area contributed by atoms with Gasteiger partial charge in [-0.1, -0.05) is 29.8 Å². The molecule has 2 bridgehead atoms. The van der Waals surface area contributed by atoms with Crippen LogP contribution in [0, 0.1) is 24.7 Å². The number of nitrogens with zero attached hydrogens (tertiary/aromatic N) is 2. The number of carbonyl (C=O) groups is 2. The first-order valence-corrected chi connectivity index (χ1v) is 13.3. The van der Waals surface area contributed by atoms with Gasteiger partial charge in [0.25, 0.3) is 0 Å². The second-order valence-electron chi connectivity index (χ2n) is 10.9. The quantitative estimate of drug-likeness (QED) is 0.504. The molecule has 0 aliphatic heterocycles. The molecule has 0 radical (unpaired) electrons. The molecule has 3 aliphatic rings. The highest BCUT2D eigenvalue weighted by atomic mass is 16.5. The highest BCUT2D eigenvalue weighted by Gasteiger charge is 2.52. The molecule has 1 amide bonds. The van der Waals surface area contributed by atoms with E-state index >= 15 is 0 Å². The van der Waals surface area contributed by atoms with Crippen molar-refractivity contribution >= 4 is 11.9 Å². The van der Waals surface area contributed by atoms with Crippen LogP contribution in [0.15, 0.2) is 48.5 Å². The highest BCUT2D eigenvalue weighted by molar-refractivity contribution is 5.86. The molecule has 2 saturated carbocycles. The van der Waals surface area contributed by atoms with Crippen LogP contribution in [-0.4, -0.2) is 39.9 Å². The SMILES string of the molecule is COc1ccc(-n2nc3c(c2-c2ccc(C)cc2)CCCC3C(=O)N[C@H]2C3CCC(C3)[C@@H]2C(=O)O)cc1. The molecule has 37 heavy (non-hydrogen) atoms. The number of carboxylic acids is 1. The molecular formula is C30H33N3O4. The molecule has 0 spiro atoms. The Morgan fingerprint density at radius 3 is 2.46 bits per heavy atom. The molecule has 3 aromatic rings. The van der Waals surface area contributed by atoms with E-state index in [2.05, 4.69) is 36.5 Å². The van der Waals surface area contributed by atoms with Gasteiger partial charge in [-0.25, -0.2) is 4.68 Å². The summed E-state index contributed by atoms with van der Waals surface area (Å²) in [5, 5.41) is 18.1. The van der Waals surface area contributed by atoms with Crippen LogP contribution in [0.4, 0.5) is 0 Å². The molecule has 3 aliphatic carbocycles. The summed E-state index contributed by atoms with van der Waals surface area (Å²) in [4.78, 5) is 25.7. The van der Waals surface area contributed by atoms with Gasteiger partial charge < -0.3 is 15.2 Å². The van der Waals surface area contributed by atoms with Gasteiger partial charge in [-0.3, -0.25) is 9.59 Å². The first-order valence-electron chi connectivity index (χ1n) is 13.3. The summed E-state index contributed by atoms with van der Waals surface area (Å²) in [5.41, 5.74) is 6.09. The Morgan fingerprint density at radius 1 is 1.03 bits per heavy atom. The van der Waals surface area contributed by atoms with Crippen LogP contribution in [0.25, 0.3) is 16.9 Å². The van der Waals surface area contributed by atoms with Crippen molar-refractivity contribution in [2.24, 2.45) is 17.8 Å². The average molecular weight is 500 g/mol. The van der Waals surface area contributed by atoms with Crippen molar-refractivity contribution < 1.29 is 19.4 Å². The van der Waals surface area contributed by atoms with E-state index in [1.54, 1.807) is 7.11 Å². The van der Waals surface area contributed by atoms with E-state index in [1.807, 2.05) is 28.9 Å². The average Bonchev–Trinajstić information content (AvgIpc) is 3.62. The number of nitrogens with one attached hydrogen (secondary N) is 1. The Bertz CT molecular complexity index is 1330. The number of aryl methyl sites for hydroxylation is 1. The molecular weight excluding hydrogens is 466 g/mol. The summed E-state index contributed by atoms with van der Waals surface area (Å²) in [6.45, 7) is 2.07. The number of hydrogen-bond donors (Lipinski definition) is 2.